The predicted octanol–water partition coefficient (Wildman–Crippen LogP) is 5.58. The maximum absolute atomic E-state index is 4.62. The van der Waals surface area contributed by atoms with Crippen LogP contribution < -0.4 is 10.2 Å². The molecule has 1 N–H and O–H groups in total. The first-order chi connectivity index (χ1) is 15.6. The number of aryl methyl sites for hydroxylation is 1. The van der Waals surface area contributed by atoms with Gasteiger partial charge < -0.3 is 10.2 Å². The monoisotopic (exact) mass is 425 g/mol. The number of pyridine rings is 1. The van der Waals surface area contributed by atoms with Crippen LogP contribution in [-0.4, -0.2) is 46.5 Å². The first kappa shape index (κ1) is 20.6. The zero-order chi connectivity index (χ0) is 22.1. The first-order valence-corrected chi connectivity index (χ1v) is 11.5. The normalized spacial score (nSPS) is 14.9. The van der Waals surface area contributed by atoms with Crippen LogP contribution in [0.15, 0.2) is 73.1 Å². The number of aromatic nitrogens is 2. The Kier molecular flexibility index (Phi) is 5.58. The molecule has 0 bridgehead atoms. The summed E-state index contributed by atoms with van der Waals surface area (Å²) in [7, 11) is 0. The summed E-state index contributed by atoms with van der Waals surface area (Å²) in [6.45, 7) is 11.1. The third-order valence-corrected chi connectivity index (χ3v) is 6.42. The lowest BCUT2D eigenvalue weighted by atomic mass is 10.1. The van der Waals surface area contributed by atoms with E-state index in [1.54, 1.807) is 0 Å². The molecule has 5 rings (SSSR count). The van der Waals surface area contributed by atoms with Gasteiger partial charge in [0.25, 0.3) is 0 Å². The van der Waals surface area contributed by atoms with E-state index in [4.69, 9.17) is 0 Å². The number of fused-ring (bicyclic) bond motifs is 1. The third-order valence-electron chi connectivity index (χ3n) is 6.42. The van der Waals surface area contributed by atoms with E-state index in [0.29, 0.717) is 6.04 Å². The molecule has 2 aromatic carbocycles. The highest BCUT2D eigenvalue weighted by molar-refractivity contribution is 5.78. The molecular formula is C27H31N5. The Morgan fingerprint density at radius 3 is 2.41 bits per heavy atom. The number of hydrogen-bond donors (Lipinski definition) is 1. The summed E-state index contributed by atoms with van der Waals surface area (Å²) in [4.78, 5) is 9.65. The van der Waals surface area contributed by atoms with Crippen LogP contribution in [0.4, 0.5) is 17.1 Å². The Bertz CT molecular complexity index is 1200. The summed E-state index contributed by atoms with van der Waals surface area (Å²) < 4.78 is 2.15. The number of nitrogens with one attached hydrogen (secondary N) is 1. The molecule has 4 aromatic rings. The summed E-state index contributed by atoms with van der Waals surface area (Å²) in [6.07, 6.45) is 3.89. The minimum absolute atomic E-state index is 0.625. The molecule has 0 amide bonds. The van der Waals surface area contributed by atoms with Crippen LogP contribution in [0.1, 0.15) is 19.4 Å². The van der Waals surface area contributed by atoms with Gasteiger partial charge in [0.05, 0.1) is 11.4 Å². The van der Waals surface area contributed by atoms with Crippen molar-refractivity contribution in [2.75, 3.05) is 36.4 Å². The van der Waals surface area contributed by atoms with Crippen molar-refractivity contribution in [3.05, 3.63) is 78.6 Å². The van der Waals surface area contributed by atoms with Crippen molar-refractivity contribution >= 4 is 22.7 Å². The van der Waals surface area contributed by atoms with Crippen LogP contribution in [0.3, 0.4) is 0 Å². The Morgan fingerprint density at radius 1 is 0.906 bits per heavy atom. The van der Waals surface area contributed by atoms with E-state index in [1.807, 2.05) is 12.4 Å². The largest absolute Gasteiger partial charge is 0.369 e. The lowest BCUT2D eigenvalue weighted by Gasteiger charge is -2.38. The average Bonchev–Trinajstić information content (AvgIpc) is 3.30. The molecule has 0 unspecified atom stereocenters. The highest BCUT2D eigenvalue weighted by Crippen LogP contribution is 2.29. The first-order valence-electron chi connectivity index (χ1n) is 11.5. The molecule has 32 heavy (non-hydrogen) atoms. The summed E-state index contributed by atoms with van der Waals surface area (Å²) in [5.74, 6) is 0. The highest BCUT2D eigenvalue weighted by Gasteiger charge is 2.19. The standard InChI is InChI=1S/C27H31N5/c1-20(2)30-15-17-31(18-16-30)24-9-7-23(8-10-24)29-25-11-12-26(32-14-13-28-27(25)32)22-6-4-5-21(3)19-22/h4-14,19-20,29H,15-18H2,1-3H3. The molecule has 0 saturated carbocycles. The predicted molar refractivity (Wildman–Crippen MR) is 134 cm³/mol. The topological polar surface area (TPSA) is 35.8 Å². The second-order valence-electron chi connectivity index (χ2n) is 8.91. The van der Waals surface area contributed by atoms with Crippen molar-refractivity contribution in [1.29, 1.82) is 0 Å². The molecule has 5 nitrogen and oxygen atoms in total. The van der Waals surface area contributed by atoms with Gasteiger partial charge in [0, 0.05) is 56.0 Å². The van der Waals surface area contributed by atoms with Crippen molar-refractivity contribution in [2.24, 2.45) is 0 Å². The summed E-state index contributed by atoms with van der Waals surface area (Å²) >= 11 is 0. The van der Waals surface area contributed by atoms with Gasteiger partial charge in [-0.05, 0) is 68.8 Å². The van der Waals surface area contributed by atoms with E-state index in [-0.39, 0.29) is 0 Å². The Hall–Kier alpha value is -3.31. The van der Waals surface area contributed by atoms with Crippen LogP contribution in [-0.2, 0) is 0 Å². The van der Waals surface area contributed by atoms with Crippen molar-refractivity contribution in [3.8, 4) is 11.3 Å². The summed E-state index contributed by atoms with van der Waals surface area (Å²) in [5.41, 5.74) is 7.89. The zero-order valence-electron chi connectivity index (χ0n) is 19.1. The van der Waals surface area contributed by atoms with Crippen LogP contribution in [0.2, 0.25) is 0 Å². The summed E-state index contributed by atoms with van der Waals surface area (Å²) in [6, 6.07) is 22.3. The average molecular weight is 426 g/mol. The lowest BCUT2D eigenvalue weighted by molar-refractivity contribution is 0.209. The van der Waals surface area contributed by atoms with Gasteiger partial charge in [0.1, 0.15) is 0 Å². The molecule has 3 heterocycles. The van der Waals surface area contributed by atoms with E-state index in [9.17, 15) is 0 Å². The Balaban J connectivity index is 1.34. The number of anilines is 3. The van der Waals surface area contributed by atoms with Gasteiger partial charge in [0.2, 0.25) is 0 Å². The second kappa shape index (κ2) is 8.67. The van der Waals surface area contributed by atoms with Crippen molar-refractivity contribution in [3.63, 3.8) is 0 Å². The fraction of sp³-hybridized carbons (Fsp3) is 0.296. The van der Waals surface area contributed by atoms with Crippen LogP contribution in [0.25, 0.3) is 16.9 Å². The molecule has 1 saturated heterocycles. The molecule has 1 aliphatic rings. The molecule has 5 heteroatoms. The van der Waals surface area contributed by atoms with Gasteiger partial charge in [-0.15, -0.1) is 0 Å². The molecule has 0 spiro atoms. The molecule has 1 aliphatic heterocycles. The highest BCUT2D eigenvalue weighted by atomic mass is 15.3. The molecule has 0 atom stereocenters. The smallest absolute Gasteiger partial charge is 0.161 e. The number of hydrogen-bond acceptors (Lipinski definition) is 4. The van der Waals surface area contributed by atoms with Gasteiger partial charge in [-0.3, -0.25) is 9.30 Å². The fourth-order valence-electron chi connectivity index (χ4n) is 4.56. The second-order valence-corrected chi connectivity index (χ2v) is 8.91. The van der Waals surface area contributed by atoms with Gasteiger partial charge in [0.15, 0.2) is 5.65 Å². The molecule has 0 aliphatic carbocycles. The van der Waals surface area contributed by atoms with Gasteiger partial charge in [-0.2, -0.15) is 0 Å². The molecule has 2 aromatic heterocycles. The number of piperazine rings is 1. The van der Waals surface area contributed by atoms with E-state index in [0.717, 1.165) is 48.9 Å². The maximum Gasteiger partial charge on any atom is 0.161 e. The number of rotatable bonds is 5. The van der Waals surface area contributed by atoms with Crippen molar-refractivity contribution in [2.45, 2.75) is 26.8 Å². The number of imidazole rings is 1. The van der Waals surface area contributed by atoms with E-state index in [1.165, 1.54) is 16.8 Å². The minimum Gasteiger partial charge on any atom is -0.369 e. The Morgan fingerprint density at radius 2 is 1.69 bits per heavy atom. The van der Waals surface area contributed by atoms with Crippen LogP contribution >= 0.6 is 0 Å². The van der Waals surface area contributed by atoms with E-state index in [2.05, 4.69) is 106 Å². The van der Waals surface area contributed by atoms with Crippen LogP contribution in [0.5, 0.6) is 0 Å². The zero-order valence-corrected chi connectivity index (χ0v) is 19.1. The minimum atomic E-state index is 0.625. The number of benzene rings is 2. The van der Waals surface area contributed by atoms with Crippen molar-refractivity contribution in [1.82, 2.24) is 14.3 Å². The molecular weight excluding hydrogens is 394 g/mol. The molecule has 0 radical (unpaired) electrons. The van der Waals surface area contributed by atoms with E-state index < -0.39 is 0 Å². The lowest BCUT2D eigenvalue weighted by Crippen LogP contribution is -2.48. The fourth-order valence-corrected chi connectivity index (χ4v) is 4.56. The van der Waals surface area contributed by atoms with Gasteiger partial charge >= 0.3 is 0 Å². The Labute approximate surface area is 190 Å². The summed E-state index contributed by atoms with van der Waals surface area (Å²) in [5, 5.41) is 3.57. The molecule has 1 fully saturated rings. The van der Waals surface area contributed by atoms with E-state index >= 15 is 0 Å². The van der Waals surface area contributed by atoms with Gasteiger partial charge in [-0.25, -0.2) is 4.98 Å². The number of nitrogens with zero attached hydrogens (tertiary/aromatic N) is 4. The quantitative estimate of drug-likeness (QED) is 0.453. The van der Waals surface area contributed by atoms with Gasteiger partial charge in [-0.1, -0.05) is 23.8 Å². The SMILES string of the molecule is Cc1cccc(-c2ccc(Nc3ccc(N4CCN(C(C)C)CC4)cc3)c3nccn23)c1. The van der Waals surface area contributed by atoms with Crippen molar-refractivity contribution < 1.29 is 0 Å². The van der Waals surface area contributed by atoms with Crippen LogP contribution in [0, 0.1) is 6.92 Å². The molecule has 164 valence electrons. The third kappa shape index (κ3) is 4.08. The maximum atomic E-state index is 4.62.